The molecule has 0 fully saturated rings. The van der Waals surface area contributed by atoms with Crippen LogP contribution in [0.5, 0.6) is 0 Å². The third-order valence-corrected chi connectivity index (χ3v) is 3.33. The topological polar surface area (TPSA) is 71.2 Å². The SMILES string of the molecule is COC(=O)C(C)(C)C(=O)NCC(C)(C)c1cc[nH]c1. The lowest BCUT2D eigenvalue weighted by Crippen LogP contribution is -2.46. The molecule has 0 aromatic carbocycles. The first-order chi connectivity index (χ1) is 8.71. The summed E-state index contributed by atoms with van der Waals surface area (Å²) < 4.78 is 4.64. The zero-order valence-electron chi connectivity index (χ0n) is 12.2. The third-order valence-electron chi connectivity index (χ3n) is 3.33. The zero-order chi connectivity index (χ0) is 14.7. The second-order valence-electron chi connectivity index (χ2n) is 5.78. The summed E-state index contributed by atoms with van der Waals surface area (Å²) in [6.45, 7) is 7.61. The van der Waals surface area contributed by atoms with Crippen molar-refractivity contribution in [1.82, 2.24) is 10.3 Å². The summed E-state index contributed by atoms with van der Waals surface area (Å²) in [5.74, 6) is -0.868. The van der Waals surface area contributed by atoms with E-state index in [4.69, 9.17) is 0 Å². The van der Waals surface area contributed by atoms with Crippen molar-refractivity contribution in [2.45, 2.75) is 33.1 Å². The van der Waals surface area contributed by atoms with Gasteiger partial charge in [-0.25, -0.2) is 0 Å². The Morgan fingerprint density at radius 3 is 2.42 bits per heavy atom. The van der Waals surface area contributed by atoms with Crippen LogP contribution in [0.3, 0.4) is 0 Å². The van der Waals surface area contributed by atoms with E-state index in [1.54, 1.807) is 13.8 Å². The molecule has 2 N–H and O–H groups in total. The van der Waals surface area contributed by atoms with Gasteiger partial charge in [-0.3, -0.25) is 9.59 Å². The molecule has 0 aliphatic rings. The number of esters is 1. The molecular weight excluding hydrogens is 244 g/mol. The Hall–Kier alpha value is -1.78. The molecule has 0 radical (unpaired) electrons. The average molecular weight is 266 g/mol. The van der Waals surface area contributed by atoms with Crippen molar-refractivity contribution in [3.05, 3.63) is 24.0 Å². The highest BCUT2D eigenvalue weighted by Crippen LogP contribution is 2.23. The number of rotatable bonds is 5. The van der Waals surface area contributed by atoms with Gasteiger partial charge in [0.25, 0.3) is 0 Å². The van der Waals surface area contributed by atoms with E-state index in [0.29, 0.717) is 6.54 Å². The van der Waals surface area contributed by atoms with E-state index < -0.39 is 11.4 Å². The molecule has 0 unspecified atom stereocenters. The van der Waals surface area contributed by atoms with Crippen LogP contribution in [0.4, 0.5) is 0 Å². The zero-order valence-corrected chi connectivity index (χ0v) is 12.2. The molecule has 0 spiro atoms. The minimum absolute atomic E-state index is 0.206. The fraction of sp³-hybridized carbons (Fsp3) is 0.571. The second kappa shape index (κ2) is 5.47. The van der Waals surface area contributed by atoms with E-state index in [9.17, 15) is 9.59 Å². The number of H-pyrrole nitrogens is 1. The Morgan fingerprint density at radius 1 is 1.32 bits per heavy atom. The molecular formula is C14H22N2O3. The number of hydrogen-bond acceptors (Lipinski definition) is 3. The predicted octanol–water partition coefficient (Wildman–Crippen LogP) is 1.61. The molecule has 1 amide bonds. The van der Waals surface area contributed by atoms with Gasteiger partial charge in [0, 0.05) is 24.4 Å². The highest BCUT2D eigenvalue weighted by Gasteiger charge is 2.37. The molecule has 0 aliphatic heterocycles. The molecule has 0 aliphatic carbocycles. The first-order valence-corrected chi connectivity index (χ1v) is 6.22. The monoisotopic (exact) mass is 266 g/mol. The number of carbonyl (C=O) groups excluding carboxylic acids is 2. The van der Waals surface area contributed by atoms with Crippen LogP contribution in [0.1, 0.15) is 33.3 Å². The molecule has 5 nitrogen and oxygen atoms in total. The Morgan fingerprint density at radius 2 is 1.95 bits per heavy atom. The molecule has 19 heavy (non-hydrogen) atoms. The molecule has 1 aromatic heterocycles. The summed E-state index contributed by atoms with van der Waals surface area (Å²) in [5.41, 5.74) is -0.283. The van der Waals surface area contributed by atoms with Gasteiger partial charge in [-0.2, -0.15) is 0 Å². The summed E-state index contributed by atoms with van der Waals surface area (Å²) in [6.07, 6.45) is 3.74. The molecule has 0 saturated carbocycles. The fourth-order valence-corrected chi connectivity index (χ4v) is 1.72. The summed E-state index contributed by atoms with van der Waals surface area (Å²) in [4.78, 5) is 26.6. The van der Waals surface area contributed by atoms with Crippen LogP contribution in [0.25, 0.3) is 0 Å². The van der Waals surface area contributed by atoms with Crippen LogP contribution < -0.4 is 5.32 Å². The van der Waals surface area contributed by atoms with Crippen LogP contribution in [-0.4, -0.2) is 30.5 Å². The van der Waals surface area contributed by atoms with Gasteiger partial charge >= 0.3 is 5.97 Å². The third kappa shape index (κ3) is 3.36. The molecule has 1 aromatic rings. The molecule has 5 heteroatoms. The predicted molar refractivity (Wildman–Crippen MR) is 72.6 cm³/mol. The number of ether oxygens (including phenoxy) is 1. The maximum absolute atomic E-state index is 12.1. The van der Waals surface area contributed by atoms with Gasteiger partial charge in [-0.05, 0) is 25.5 Å². The number of methoxy groups -OCH3 is 1. The first kappa shape index (κ1) is 15.3. The van der Waals surface area contributed by atoms with Gasteiger partial charge in [0.15, 0.2) is 0 Å². The smallest absolute Gasteiger partial charge is 0.320 e. The molecule has 106 valence electrons. The number of aromatic nitrogens is 1. The maximum atomic E-state index is 12.1. The van der Waals surface area contributed by atoms with E-state index in [0.717, 1.165) is 5.56 Å². The second-order valence-corrected chi connectivity index (χ2v) is 5.78. The molecule has 1 rings (SSSR count). The van der Waals surface area contributed by atoms with E-state index in [-0.39, 0.29) is 11.3 Å². The normalized spacial score (nSPS) is 12.1. The first-order valence-electron chi connectivity index (χ1n) is 6.22. The summed E-state index contributed by atoms with van der Waals surface area (Å²) in [5, 5.41) is 2.81. The number of carbonyl (C=O) groups is 2. The number of nitrogens with one attached hydrogen (secondary N) is 2. The minimum atomic E-state index is -1.18. The Balaban J connectivity index is 2.67. The Kier molecular flexibility index (Phi) is 4.39. The van der Waals surface area contributed by atoms with E-state index in [1.165, 1.54) is 7.11 Å². The molecule has 0 saturated heterocycles. The summed E-state index contributed by atoms with van der Waals surface area (Å²) >= 11 is 0. The van der Waals surface area contributed by atoms with Crippen molar-refractivity contribution in [2.24, 2.45) is 5.41 Å². The van der Waals surface area contributed by atoms with Crippen LogP contribution in [0.15, 0.2) is 18.5 Å². The Labute approximate surface area is 113 Å². The van der Waals surface area contributed by atoms with Crippen molar-refractivity contribution in [3.8, 4) is 0 Å². The van der Waals surface area contributed by atoms with Crippen LogP contribution in [-0.2, 0) is 19.7 Å². The van der Waals surface area contributed by atoms with Crippen molar-refractivity contribution >= 4 is 11.9 Å². The van der Waals surface area contributed by atoms with Gasteiger partial charge in [-0.1, -0.05) is 13.8 Å². The van der Waals surface area contributed by atoms with E-state index >= 15 is 0 Å². The van der Waals surface area contributed by atoms with Crippen molar-refractivity contribution in [2.75, 3.05) is 13.7 Å². The number of aromatic amines is 1. The van der Waals surface area contributed by atoms with Gasteiger partial charge in [0.2, 0.25) is 5.91 Å². The van der Waals surface area contributed by atoms with Crippen LogP contribution in [0.2, 0.25) is 0 Å². The van der Waals surface area contributed by atoms with E-state index in [1.807, 2.05) is 32.3 Å². The van der Waals surface area contributed by atoms with Crippen molar-refractivity contribution < 1.29 is 14.3 Å². The lowest BCUT2D eigenvalue weighted by atomic mass is 9.85. The van der Waals surface area contributed by atoms with Gasteiger partial charge in [0.05, 0.1) is 7.11 Å². The molecule has 0 bridgehead atoms. The van der Waals surface area contributed by atoms with Gasteiger partial charge in [0.1, 0.15) is 5.41 Å². The number of hydrogen-bond donors (Lipinski definition) is 2. The minimum Gasteiger partial charge on any atom is -0.468 e. The lowest BCUT2D eigenvalue weighted by molar-refractivity contribution is -0.156. The van der Waals surface area contributed by atoms with Gasteiger partial charge in [-0.15, -0.1) is 0 Å². The quantitative estimate of drug-likeness (QED) is 0.628. The summed E-state index contributed by atoms with van der Waals surface area (Å²) in [7, 11) is 1.28. The highest BCUT2D eigenvalue weighted by atomic mass is 16.5. The lowest BCUT2D eigenvalue weighted by Gasteiger charge is -2.27. The number of amides is 1. The average Bonchev–Trinajstić information content (AvgIpc) is 2.89. The van der Waals surface area contributed by atoms with Crippen molar-refractivity contribution in [1.29, 1.82) is 0 Å². The molecule has 1 heterocycles. The fourth-order valence-electron chi connectivity index (χ4n) is 1.72. The maximum Gasteiger partial charge on any atom is 0.320 e. The largest absolute Gasteiger partial charge is 0.468 e. The van der Waals surface area contributed by atoms with Crippen LogP contribution in [0, 0.1) is 5.41 Å². The van der Waals surface area contributed by atoms with Gasteiger partial charge < -0.3 is 15.0 Å². The Bertz CT molecular complexity index is 447. The highest BCUT2D eigenvalue weighted by molar-refractivity contribution is 6.01. The van der Waals surface area contributed by atoms with E-state index in [2.05, 4.69) is 15.0 Å². The summed E-state index contributed by atoms with van der Waals surface area (Å²) in [6, 6.07) is 1.97. The van der Waals surface area contributed by atoms with Crippen molar-refractivity contribution in [3.63, 3.8) is 0 Å². The standard InChI is InChI=1S/C14H22N2O3/c1-13(2,10-6-7-15-8-10)9-16-11(17)14(3,4)12(18)19-5/h6-8,15H,9H2,1-5H3,(H,16,17). The molecule has 0 atom stereocenters. The van der Waals surface area contributed by atoms with Crippen LogP contribution >= 0.6 is 0 Å².